The molecule has 0 amide bonds. The van der Waals surface area contributed by atoms with Crippen molar-refractivity contribution < 1.29 is 4.79 Å². The summed E-state index contributed by atoms with van der Waals surface area (Å²) >= 11 is 18.4. The number of hydrogen-bond donors (Lipinski definition) is 1. The van der Waals surface area contributed by atoms with Gasteiger partial charge in [0.1, 0.15) is 0 Å². The fourth-order valence-electron chi connectivity index (χ4n) is 2.31. The molecule has 1 N–H and O–H groups in total. The van der Waals surface area contributed by atoms with Crippen LogP contribution in [0.15, 0.2) is 36.5 Å². The monoisotopic (exact) mass is 337 g/mol. The number of rotatable bonds is 2. The summed E-state index contributed by atoms with van der Waals surface area (Å²) in [7, 11) is 0. The Morgan fingerprint density at radius 2 is 1.76 bits per heavy atom. The lowest BCUT2D eigenvalue weighted by atomic mass is 10.0. The van der Waals surface area contributed by atoms with E-state index in [1.807, 2.05) is 13.0 Å². The van der Waals surface area contributed by atoms with Crippen molar-refractivity contribution in [2.45, 2.75) is 6.92 Å². The maximum atomic E-state index is 12.7. The van der Waals surface area contributed by atoms with E-state index < -0.39 is 0 Å². The van der Waals surface area contributed by atoms with Crippen LogP contribution in [0.2, 0.25) is 15.1 Å². The molecule has 0 fully saturated rings. The topological polar surface area (TPSA) is 32.9 Å². The lowest BCUT2D eigenvalue weighted by molar-refractivity contribution is 0.104. The van der Waals surface area contributed by atoms with E-state index in [-0.39, 0.29) is 5.78 Å². The van der Waals surface area contributed by atoms with Crippen molar-refractivity contribution in [2.75, 3.05) is 0 Å². The second-order valence-electron chi connectivity index (χ2n) is 4.82. The van der Waals surface area contributed by atoms with Gasteiger partial charge in [-0.15, -0.1) is 0 Å². The Morgan fingerprint density at radius 3 is 2.48 bits per heavy atom. The highest BCUT2D eigenvalue weighted by atomic mass is 35.5. The summed E-state index contributed by atoms with van der Waals surface area (Å²) in [5.41, 5.74) is 2.66. The molecule has 0 aliphatic rings. The van der Waals surface area contributed by atoms with Gasteiger partial charge in [0.05, 0.1) is 10.0 Å². The van der Waals surface area contributed by atoms with E-state index in [9.17, 15) is 4.79 Å². The van der Waals surface area contributed by atoms with E-state index in [0.29, 0.717) is 31.6 Å². The van der Waals surface area contributed by atoms with Crippen LogP contribution in [0, 0.1) is 6.92 Å². The molecule has 106 valence electrons. The highest BCUT2D eigenvalue weighted by Gasteiger charge is 2.19. The van der Waals surface area contributed by atoms with Gasteiger partial charge in [-0.2, -0.15) is 0 Å². The molecule has 5 heteroatoms. The number of carbonyl (C=O) groups excluding carboxylic acids is 1. The largest absolute Gasteiger partial charge is 0.360 e. The van der Waals surface area contributed by atoms with Crippen LogP contribution in [0.3, 0.4) is 0 Å². The zero-order chi connectivity index (χ0) is 15.1. The van der Waals surface area contributed by atoms with Gasteiger partial charge >= 0.3 is 0 Å². The van der Waals surface area contributed by atoms with Crippen LogP contribution in [0.25, 0.3) is 10.9 Å². The Labute approximate surface area is 136 Å². The van der Waals surface area contributed by atoms with E-state index in [1.165, 1.54) is 0 Å². The molecule has 0 radical (unpaired) electrons. The predicted octanol–water partition coefficient (Wildman–Crippen LogP) is 5.67. The lowest BCUT2D eigenvalue weighted by Gasteiger charge is -2.05. The minimum Gasteiger partial charge on any atom is -0.360 e. The first-order valence-corrected chi connectivity index (χ1v) is 7.38. The van der Waals surface area contributed by atoms with Crippen LogP contribution in [-0.2, 0) is 0 Å². The second-order valence-corrected chi connectivity index (χ2v) is 6.08. The maximum Gasteiger partial charge on any atom is 0.196 e. The summed E-state index contributed by atoms with van der Waals surface area (Å²) in [6.45, 7) is 1.92. The normalized spacial score (nSPS) is 11.0. The van der Waals surface area contributed by atoms with Crippen LogP contribution in [0.1, 0.15) is 21.5 Å². The van der Waals surface area contributed by atoms with Gasteiger partial charge in [-0.3, -0.25) is 4.79 Å². The van der Waals surface area contributed by atoms with E-state index in [0.717, 1.165) is 11.1 Å². The first-order valence-electron chi connectivity index (χ1n) is 6.24. The van der Waals surface area contributed by atoms with Crippen molar-refractivity contribution in [1.82, 2.24) is 4.98 Å². The number of H-pyrrole nitrogens is 1. The van der Waals surface area contributed by atoms with Crippen LogP contribution in [0.4, 0.5) is 0 Å². The summed E-state index contributed by atoms with van der Waals surface area (Å²) in [4.78, 5) is 15.7. The molecule has 0 aliphatic heterocycles. The standard InChI is InChI=1S/C16H10Cl3NO/c1-8-2-3-10(12(18)4-8)16(21)11-7-20-14-6-9(17)5-13(19)15(11)14/h2-7,20H,1H3. The van der Waals surface area contributed by atoms with Gasteiger partial charge in [0.2, 0.25) is 0 Å². The smallest absolute Gasteiger partial charge is 0.196 e. The van der Waals surface area contributed by atoms with E-state index in [4.69, 9.17) is 34.8 Å². The van der Waals surface area contributed by atoms with Gasteiger partial charge in [-0.1, -0.05) is 40.9 Å². The van der Waals surface area contributed by atoms with Crippen molar-refractivity contribution in [3.8, 4) is 0 Å². The Bertz CT molecular complexity index is 867. The number of ketones is 1. The average Bonchev–Trinajstić information content (AvgIpc) is 2.81. The molecule has 1 aromatic heterocycles. The predicted molar refractivity (Wildman–Crippen MR) is 87.9 cm³/mol. The zero-order valence-corrected chi connectivity index (χ0v) is 13.3. The molecule has 2 aromatic carbocycles. The third-order valence-corrected chi connectivity index (χ3v) is 4.14. The molecule has 0 unspecified atom stereocenters. The minimum absolute atomic E-state index is 0.171. The van der Waals surface area contributed by atoms with Crippen molar-refractivity contribution in [1.29, 1.82) is 0 Å². The number of carbonyl (C=O) groups is 1. The molecular formula is C16H10Cl3NO. The molecule has 1 heterocycles. The summed E-state index contributed by atoms with van der Waals surface area (Å²) in [6, 6.07) is 8.69. The first kappa shape index (κ1) is 14.5. The highest BCUT2D eigenvalue weighted by molar-refractivity contribution is 6.41. The quantitative estimate of drug-likeness (QED) is 0.600. The van der Waals surface area contributed by atoms with E-state index in [1.54, 1.807) is 30.5 Å². The van der Waals surface area contributed by atoms with Crippen LogP contribution < -0.4 is 0 Å². The average molecular weight is 339 g/mol. The molecule has 0 saturated heterocycles. The van der Waals surface area contributed by atoms with Crippen molar-refractivity contribution >= 4 is 51.5 Å². The van der Waals surface area contributed by atoms with Crippen molar-refractivity contribution in [3.05, 3.63) is 68.3 Å². The number of halogens is 3. The number of aryl methyl sites for hydroxylation is 1. The molecule has 3 aromatic rings. The van der Waals surface area contributed by atoms with Crippen molar-refractivity contribution in [3.63, 3.8) is 0 Å². The molecule has 3 rings (SSSR count). The fraction of sp³-hybridized carbons (Fsp3) is 0.0625. The van der Waals surface area contributed by atoms with Gasteiger partial charge in [0.25, 0.3) is 0 Å². The number of hydrogen-bond acceptors (Lipinski definition) is 1. The molecular weight excluding hydrogens is 329 g/mol. The third-order valence-electron chi connectivity index (χ3n) is 3.31. The molecule has 0 bridgehead atoms. The molecule has 0 atom stereocenters. The second kappa shape index (κ2) is 5.38. The summed E-state index contributed by atoms with van der Waals surface area (Å²) < 4.78 is 0. The number of aromatic amines is 1. The SMILES string of the molecule is Cc1ccc(C(=O)c2c[nH]c3cc(Cl)cc(Cl)c23)c(Cl)c1. The highest BCUT2D eigenvalue weighted by Crippen LogP contribution is 2.32. The third kappa shape index (κ3) is 2.55. The Kier molecular flexibility index (Phi) is 3.70. The number of fused-ring (bicyclic) bond motifs is 1. The fourth-order valence-corrected chi connectivity index (χ4v) is 3.23. The molecule has 2 nitrogen and oxygen atoms in total. The Morgan fingerprint density at radius 1 is 1.00 bits per heavy atom. The van der Waals surface area contributed by atoms with Crippen LogP contribution in [-0.4, -0.2) is 10.8 Å². The Balaban J connectivity index is 2.18. The number of nitrogens with one attached hydrogen (secondary N) is 1. The molecule has 0 spiro atoms. The number of benzene rings is 2. The van der Waals surface area contributed by atoms with E-state index >= 15 is 0 Å². The van der Waals surface area contributed by atoms with Crippen LogP contribution >= 0.6 is 34.8 Å². The van der Waals surface area contributed by atoms with Crippen LogP contribution in [0.5, 0.6) is 0 Å². The Hall–Kier alpha value is -1.48. The van der Waals surface area contributed by atoms with Crippen molar-refractivity contribution in [2.24, 2.45) is 0 Å². The van der Waals surface area contributed by atoms with Gasteiger partial charge in [0, 0.05) is 33.2 Å². The molecule has 0 saturated carbocycles. The summed E-state index contributed by atoms with van der Waals surface area (Å²) in [5, 5.41) is 2.04. The first-order chi connectivity index (χ1) is 9.97. The van der Waals surface area contributed by atoms with Gasteiger partial charge in [-0.05, 0) is 36.8 Å². The maximum absolute atomic E-state index is 12.7. The van der Waals surface area contributed by atoms with Gasteiger partial charge < -0.3 is 4.98 Å². The minimum atomic E-state index is -0.171. The summed E-state index contributed by atoms with van der Waals surface area (Å²) in [6.07, 6.45) is 1.63. The van der Waals surface area contributed by atoms with Gasteiger partial charge in [-0.25, -0.2) is 0 Å². The number of aromatic nitrogens is 1. The lowest BCUT2D eigenvalue weighted by Crippen LogP contribution is -2.01. The zero-order valence-electron chi connectivity index (χ0n) is 11.0. The molecule has 21 heavy (non-hydrogen) atoms. The molecule has 0 aliphatic carbocycles. The van der Waals surface area contributed by atoms with E-state index in [2.05, 4.69) is 4.98 Å². The summed E-state index contributed by atoms with van der Waals surface area (Å²) in [5.74, 6) is -0.171. The van der Waals surface area contributed by atoms with Gasteiger partial charge in [0.15, 0.2) is 5.78 Å².